The van der Waals surface area contributed by atoms with Crippen molar-refractivity contribution in [1.82, 2.24) is 0 Å². The van der Waals surface area contributed by atoms with Gasteiger partial charge in [0.15, 0.2) is 12.4 Å². The maximum Gasteiger partial charge on any atom is 0.341 e. The molecule has 0 atom stereocenters. The third-order valence-electron chi connectivity index (χ3n) is 2.56. The molecule has 1 aromatic rings. The number of halogens is 2. The number of carboxylic acid groups (broad SMARTS) is 1. The van der Waals surface area contributed by atoms with E-state index in [9.17, 15) is 9.59 Å². The van der Waals surface area contributed by atoms with Gasteiger partial charge in [0, 0.05) is 6.42 Å². The molecule has 0 unspecified atom stereocenters. The third kappa shape index (κ3) is 4.25. The normalized spacial score (nSPS) is 11.3. The van der Waals surface area contributed by atoms with Gasteiger partial charge in [0.25, 0.3) is 0 Å². The third-order valence-corrected chi connectivity index (χ3v) is 3.44. The summed E-state index contributed by atoms with van der Waals surface area (Å²) in [6.07, 6.45) is 2.05. The number of hydrogen-bond acceptors (Lipinski definition) is 3. The largest absolute Gasteiger partial charge is 0.480 e. The van der Waals surface area contributed by atoms with Crippen molar-refractivity contribution in [1.29, 1.82) is 0 Å². The topological polar surface area (TPSA) is 63.6 Å². The van der Waals surface area contributed by atoms with Gasteiger partial charge in [0.2, 0.25) is 0 Å². The first-order valence-corrected chi connectivity index (χ1v) is 6.66. The van der Waals surface area contributed by atoms with Crippen LogP contribution in [0.5, 0.6) is 5.75 Å². The summed E-state index contributed by atoms with van der Waals surface area (Å²) in [4.78, 5) is 22.0. The molecule has 4 nitrogen and oxygen atoms in total. The van der Waals surface area contributed by atoms with Crippen LogP contribution < -0.4 is 4.74 Å². The Morgan fingerprint density at radius 3 is 2.50 bits per heavy atom. The van der Waals surface area contributed by atoms with Crippen molar-refractivity contribution in [2.45, 2.75) is 20.3 Å². The van der Waals surface area contributed by atoms with Crippen molar-refractivity contribution in [3.05, 3.63) is 33.3 Å². The number of aliphatic carboxylic acids is 1. The van der Waals surface area contributed by atoms with Gasteiger partial charge in [-0.15, -0.1) is 0 Å². The molecule has 0 aliphatic rings. The molecule has 0 radical (unpaired) electrons. The van der Waals surface area contributed by atoms with Gasteiger partial charge in [-0.2, -0.15) is 0 Å². The molecule has 0 bridgehead atoms. The molecule has 0 spiro atoms. The number of rotatable bonds is 6. The lowest BCUT2D eigenvalue weighted by atomic mass is 10.1. The maximum absolute atomic E-state index is 11.5. The molecule has 0 aliphatic carbocycles. The Labute approximate surface area is 126 Å². The Kier molecular flexibility index (Phi) is 6.05. The van der Waals surface area contributed by atoms with E-state index in [0.29, 0.717) is 17.6 Å². The molecule has 6 heteroatoms. The van der Waals surface area contributed by atoms with E-state index < -0.39 is 12.6 Å². The van der Waals surface area contributed by atoms with Crippen molar-refractivity contribution >= 4 is 41.0 Å². The number of hydrogen-bond donors (Lipinski definition) is 1. The second-order valence-electron chi connectivity index (χ2n) is 4.07. The maximum atomic E-state index is 11.5. The number of Topliss-reactive ketones (excluding diaryl/α,β-unsaturated/α-hetero) is 1. The Morgan fingerprint density at radius 2 is 1.95 bits per heavy atom. The quantitative estimate of drug-likeness (QED) is 0.810. The number of carboxylic acids is 1. The molecular formula is C14H14Cl2O4. The van der Waals surface area contributed by atoms with Crippen LogP contribution in [0.25, 0.3) is 6.08 Å². The minimum Gasteiger partial charge on any atom is -0.480 e. The van der Waals surface area contributed by atoms with Crippen molar-refractivity contribution in [3.8, 4) is 5.75 Å². The van der Waals surface area contributed by atoms with Gasteiger partial charge < -0.3 is 9.84 Å². The zero-order valence-electron chi connectivity index (χ0n) is 11.1. The Balaban J connectivity index is 3.06. The first kappa shape index (κ1) is 16.5. The summed E-state index contributed by atoms with van der Waals surface area (Å²) in [6, 6.07) is 3.14. The number of benzene rings is 1. The smallest absolute Gasteiger partial charge is 0.341 e. The average Bonchev–Trinajstić information content (AvgIpc) is 2.41. The molecule has 1 N–H and O–H groups in total. The molecule has 1 aromatic carbocycles. The molecule has 0 saturated carbocycles. The van der Waals surface area contributed by atoms with E-state index in [4.69, 9.17) is 33.0 Å². The van der Waals surface area contributed by atoms with Gasteiger partial charge in [-0.05, 0) is 36.3 Å². The van der Waals surface area contributed by atoms with Crippen LogP contribution >= 0.6 is 23.2 Å². The first-order valence-electron chi connectivity index (χ1n) is 5.90. The minimum absolute atomic E-state index is 0.0170. The lowest BCUT2D eigenvalue weighted by molar-refractivity contribution is -0.139. The van der Waals surface area contributed by atoms with Gasteiger partial charge in [-0.1, -0.05) is 30.1 Å². The summed E-state index contributed by atoms with van der Waals surface area (Å²) >= 11 is 12.1. The fourth-order valence-electron chi connectivity index (χ4n) is 1.50. The second-order valence-corrected chi connectivity index (χ2v) is 4.82. The molecular weight excluding hydrogens is 303 g/mol. The molecule has 0 fully saturated rings. The van der Waals surface area contributed by atoms with Gasteiger partial charge >= 0.3 is 5.97 Å². The van der Waals surface area contributed by atoms with E-state index in [1.165, 1.54) is 6.07 Å². The highest BCUT2D eigenvalue weighted by atomic mass is 35.5. The van der Waals surface area contributed by atoms with Crippen molar-refractivity contribution in [3.63, 3.8) is 0 Å². The Hall–Kier alpha value is -1.52. The summed E-state index contributed by atoms with van der Waals surface area (Å²) in [7, 11) is 0. The molecule has 0 aliphatic heterocycles. The fourth-order valence-corrected chi connectivity index (χ4v) is 1.94. The van der Waals surface area contributed by atoms with E-state index in [0.717, 1.165) is 0 Å². The highest BCUT2D eigenvalue weighted by molar-refractivity contribution is 6.43. The fraction of sp³-hybridized carbons (Fsp3) is 0.286. The van der Waals surface area contributed by atoms with Crippen LogP contribution in [-0.4, -0.2) is 23.5 Å². The summed E-state index contributed by atoms with van der Waals surface area (Å²) in [5.41, 5.74) is 1.16. The first-order chi connectivity index (χ1) is 9.36. The molecule has 20 heavy (non-hydrogen) atoms. The summed E-state index contributed by atoms with van der Waals surface area (Å²) in [5, 5.41) is 8.89. The van der Waals surface area contributed by atoms with Crippen molar-refractivity contribution in [2.24, 2.45) is 0 Å². The SMILES string of the molecule is CCC(=O)/C(C)=C/c1ccc(OCC(=O)O)c(Cl)c1Cl. The number of ether oxygens (including phenoxy) is 1. The predicted molar refractivity (Wildman–Crippen MR) is 78.5 cm³/mol. The van der Waals surface area contributed by atoms with Crippen LogP contribution in [-0.2, 0) is 9.59 Å². The zero-order chi connectivity index (χ0) is 15.3. The second kappa shape index (κ2) is 7.31. The van der Waals surface area contributed by atoms with Crippen LogP contribution in [0.4, 0.5) is 0 Å². The van der Waals surface area contributed by atoms with E-state index >= 15 is 0 Å². The zero-order valence-corrected chi connectivity index (χ0v) is 12.6. The van der Waals surface area contributed by atoms with Gasteiger partial charge in [0.1, 0.15) is 10.8 Å². The monoisotopic (exact) mass is 316 g/mol. The van der Waals surface area contributed by atoms with Gasteiger partial charge in [-0.25, -0.2) is 4.79 Å². The molecule has 0 heterocycles. The predicted octanol–water partition coefficient (Wildman–Crippen LogP) is 3.84. The number of carbonyl (C=O) groups is 2. The Morgan fingerprint density at radius 1 is 1.30 bits per heavy atom. The van der Waals surface area contributed by atoms with Gasteiger partial charge in [-0.3, -0.25) is 4.79 Å². The summed E-state index contributed by atoms with van der Waals surface area (Å²) in [5.74, 6) is -0.898. The lowest BCUT2D eigenvalue weighted by Crippen LogP contribution is -2.09. The average molecular weight is 317 g/mol. The molecule has 108 valence electrons. The Bertz CT molecular complexity index is 565. The highest BCUT2D eigenvalue weighted by Crippen LogP contribution is 2.35. The lowest BCUT2D eigenvalue weighted by Gasteiger charge is -2.09. The van der Waals surface area contributed by atoms with Crippen LogP contribution in [0.2, 0.25) is 10.0 Å². The summed E-state index contributed by atoms with van der Waals surface area (Å²) in [6.45, 7) is 2.97. The van der Waals surface area contributed by atoms with Crippen molar-refractivity contribution in [2.75, 3.05) is 6.61 Å². The van der Waals surface area contributed by atoms with E-state index in [-0.39, 0.29) is 21.6 Å². The summed E-state index contributed by atoms with van der Waals surface area (Å²) < 4.78 is 5.00. The number of allylic oxidation sites excluding steroid dienone is 1. The standard InChI is InChI=1S/C14H14Cl2O4/c1-3-10(17)8(2)6-9-4-5-11(14(16)13(9)15)20-7-12(18)19/h4-6H,3,7H2,1-2H3,(H,18,19)/b8-6+. The van der Waals surface area contributed by atoms with E-state index in [1.807, 2.05) is 0 Å². The molecule has 1 rings (SSSR count). The van der Waals surface area contributed by atoms with Gasteiger partial charge in [0.05, 0.1) is 5.02 Å². The van der Waals surface area contributed by atoms with Crippen LogP contribution in [0.3, 0.4) is 0 Å². The van der Waals surface area contributed by atoms with E-state index in [1.54, 1.807) is 26.0 Å². The number of ketones is 1. The minimum atomic E-state index is -1.11. The number of carbonyl (C=O) groups excluding carboxylic acids is 1. The van der Waals surface area contributed by atoms with Crippen LogP contribution in [0.1, 0.15) is 25.8 Å². The van der Waals surface area contributed by atoms with Crippen molar-refractivity contribution < 1.29 is 19.4 Å². The van der Waals surface area contributed by atoms with Crippen LogP contribution in [0.15, 0.2) is 17.7 Å². The van der Waals surface area contributed by atoms with E-state index in [2.05, 4.69) is 0 Å². The molecule has 0 saturated heterocycles. The molecule has 0 amide bonds. The van der Waals surface area contributed by atoms with Crippen LogP contribution in [0, 0.1) is 0 Å². The highest BCUT2D eigenvalue weighted by Gasteiger charge is 2.12. The molecule has 0 aromatic heterocycles.